The van der Waals surface area contributed by atoms with Gasteiger partial charge < -0.3 is 15.3 Å². The van der Waals surface area contributed by atoms with Crippen molar-refractivity contribution in [3.63, 3.8) is 0 Å². The van der Waals surface area contributed by atoms with Gasteiger partial charge in [0.1, 0.15) is 5.75 Å². The minimum Gasteiger partial charge on any atom is -0.508 e. The second kappa shape index (κ2) is 7.59. The SMILES string of the molecule is C[C@H]1[C@H]2Cc3ccc(O)cc3[C@]1(CCNC(=O)Cc1ccccc1)CCN2C. The Morgan fingerprint density at radius 3 is 2.82 bits per heavy atom. The number of amides is 1. The molecule has 0 saturated carbocycles. The van der Waals surface area contributed by atoms with Crippen LogP contribution in [0.1, 0.15) is 36.5 Å². The lowest BCUT2D eigenvalue weighted by Gasteiger charge is -2.55. The van der Waals surface area contributed by atoms with E-state index in [9.17, 15) is 9.90 Å². The number of hydrogen-bond acceptors (Lipinski definition) is 3. The molecule has 2 aliphatic rings. The highest BCUT2D eigenvalue weighted by atomic mass is 16.3. The summed E-state index contributed by atoms with van der Waals surface area (Å²) < 4.78 is 0. The lowest BCUT2D eigenvalue weighted by atomic mass is 9.56. The normalized spacial score (nSPS) is 26.5. The van der Waals surface area contributed by atoms with E-state index >= 15 is 0 Å². The molecule has 1 aliphatic carbocycles. The zero-order valence-corrected chi connectivity index (χ0v) is 16.8. The number of benzene rings is 2. The Bertz CT molecular complexity index is 851. The van der Waals surface area contributed by atoms with E-state index < -0.39 is 0 Å². The van der Waals surface area contributed by atoms with Crippen LogP contribution in [0.4, 0.5) is 0 Å². The van der Waals surface area contributed by atoms with E-state index in [0.717, 1.165) is 31.4 Å². The summed E-state index contributed by atoms with van der Waals surface area (Å²) in [5.41, 5.74) is 3.70. The number of aromatic hydroxyl groups is 1. The Kier molecular flexibility index (Phi) is 5.15. The molecule has 4 nitrogen and oxygen atoms in total. The molecule has 4 rings (SSSR count). The number of carbonyl (C=O) groups excluding carboxylic acids is 1. The fourth-order valence-corrected chi connectivity index (χ4v) is 5.42. The lowest BCUT2D eigenvalue weighted by Crippen LogP contribution is -2.58. The van der Waals surface area contributed by atoms with Gasteiger partial charge >= 0.3 is 0 Å². The van der Waals surface area contributed by atoms with E-state index in [1.807, 2.05) is 36.4 Å². The molecule has 28 heavy (non-hydrogen) atoms. The van der Waals surface area contributed by atoms with Crippen LogP contribution in [0.2, 0.25) is 0 Å². The second-order valence-corrected chi connectivity index (χ2v) is 8.55. The number of phenols is 1. The molecular weight excluding hydrogens is 348 g/mol. The Hall–Kier alpha value is -2.33. The molecule has 0 unspecified atom stereocenters. The lowest BCUT2D eigenvalue weighted by molar-refractivity contribution is -0.120. The number of fused-ring (bicyclic) bond motifs is 4. The molecule has 0 radical (unpaired) electrons. The first kappa shape index (κ1) is 19.0. The van der Waals surface area contributed by atoms with Gasteiger partial charge in [-0.2, -0.15) is 0 Å². The van der Waals surface area contributed by atoms with Crippen LogP contribution < -0.4 is 5.32 Å². The average molecular weight is 379 g/mol. The number of nitrogens with one attached hydrogen (secondary N) is 1. The summed E-state index contributed by atoms with van der Waals surface area (Å²) in [5, 5.41) is 13.3. The number of nitrogens with zero attached hydrogens (tertiary/aromatic N) is 1. The third-order valence-electron chi connectivity index (χ3n) is 7.09. The number of likely N-dealkylation sites (tertiary alicyclic amines) is 1. The molecule has 1 fully saturated rings. The Morgan fingerprint density at radius 1 is 1.25 bits per heavy atom. The molecule has 2 aromatic carbocycles. The fourth-order valence-electron chi connectivity index (χ4n) is 5.42. The second-order valence-electron chi connectivity index (χ2n) is 8.55. The van der Waals surface area contributed by atoms with Crippen LogP contribution in [0, 0.1) is 5.92 Å². The van der Waals surface area contributed by atoms with Crippen LogP contribution in [0.3, 0.4) is 0 Å². The van der Waals surface area contributed by atoms with Crippen molar-refractivity contribution in [2.45, 2.75) is 44.1 Å². The largest absolute Gasteiger partial charge is 0.508 e. The van der Waals surface area contributed by atoms with Crippen molar-refractivity contribution in [2.24, 2.45) is 5.92 Å². The average Bonchev–Trinajstić information content (AvgIpc) is 2.68. The maximum atomic E-state index is 12.4. The van der Waals surface area contributed by atoms with Crippen LogP contribution in [0.5, 0.6) is 5.75 Å². The van der Waals surface area contributed by atoms with Gasteiger partial charge in [0, 0.05) is 18.0 Å². The molecule has 2 bridgehead atoms. The molecule has 2 aromatic rings. The first-order valence-electron chi connectivity index (χ1n) is 10.3. The van der Waals surface area contributed by atoms with Crippen molar-refractivity contribution in [2.75, 3.05) is 20.1 Å². The topological polar surface area (TPSA) is 52.6 Å². The van der Waals surface area contributed by atoms with Gasteiger partial charge in [0.2, 0.25) is 5.91 Å². The van der Waals surface area contributed by atoms with Gasteiger partial charge in [-0.05, 0) is 67.6 Å². The standard InChI is InChI=1S/C24H30N2O2/c1-17-22-15-19-8-9-20(27)16-21(19)24(17,11-13-26(22)2)10-12-25-23(28)14-18-6-4-3-5-7-18/h3-9,16-17,22,27H,10-15H2,1-2H3,(H,25,28)/t17-,22+,24+/m0/s1. The number of phenolic OH excluding ortho intramolecular Hbond substituents is 1. The number of rotatable bonds is 5. The summed E-state index contributed by atoms with van der Waals surface area (Å²) in [6.07, 6.45) is 3.43. The quantitative estimate of drug-likeness (QED) is 0.840. The minimum absolute atomic E-state index is 0.0174. The van der Waals surface area contributed by atoms with Crippen LogP contribution in [0.15, 0.2) is 48.5 Å². The third-order valence-corrected chi connectivity index (χ3v) is 7.09. The number of carbonyl (C=O) groups is 1. The highest BCUT2D eigenvalue weighted by Crippen LogP contribution is 2.51. The van der Waals surface area contributed by atoms with Gasteiger partial charge in [0.05, 0.1) is 6.42 Å². The van der Waals surface area contributed by atoms with E-state index in [0.29, 0.717) is 30.7 Å². The predicted octanol–water partition coefficient (Wildman–Crippen LogP) is 3.28. The molecule has 0 spiro atoms. The van der Waals surface area contributed by atoms with Crippen LogP contribution >= 0.6 is 0 Å². The van der Waals surface area contributed by atoms with Gasteiger partial charge in [-0.15, -0.1) is 0 Å². The maximum absolute atomic E-state index is 12.4. The predicted molar refractivity (Wildman–Crippen MR) is 111 cm³/mol. The summed E-state index contributed by atoms with van der Waals surface area (Å²) >= 11 is 0. The zero-order chi connectivity index (χ0) is 19.7. The molecule has 0 aromatic heterocycles. The number of hydrogen-bond donors (Lipinski definition) is 2. The third kappa shape index (κ3) is 3.42. The van der Waals surface area contributed by atoms with Gasteiger partial charge in [-0.1, -0.05) is 43.3 Å². The van der Waals surface area contributed by atoms with Gasteiger partial charge in [0.25, 0.3) is 0 Å². The summed E-state index contributed by atoms with van der Waals surface area (Å²) in [4.78, 5) is 14.9. The van der Waals surface area contributed by atoms with E-state index in [4.69, 9.17) is 0 Å². The highest BCUT2D eigenvalue weighted by molar-refractivity contribution is 5.78. The zero-order valence-electron chi connectivity index (χ0n) is 16.8. The first-order chi connectivity index (χ1) is 13.5. The molecule has 4 heteroatoms. The number of likely N-dealkylation sites (N-methyl/N-ethyl adjacent to an activating group) is 1. The van der Waals surface area contributed by atoms with Crippen LogP contribution in [0.25, 0.3) is 0 Å². The van der Waals surface area contributed by atoms with E-state index in [-0.39, 0.29) is 11.3 Å². The molecule has 1 aliphatic heterocycles. The van der Waals surface area contributed by atoms with Crippen LogP contribution in [-0.2, 0) is 23.1 Å². The van der Waals surface area contributed by atoms with E-state index in [1.165, 1.54) is 11.1 Å². The van der Waals surface area contributed by atoms with Crippen molar-refractivity contribution in [1.29, 1.82) is 0 Å². The summed E-state index contributed by atoms with van der Waals surface area (Å²) in [5.74, 6) is 0.911. The Morgan fingerprint density at radius 2 is 2.04 bits per heavy atom. The van der Waals surface area contributed by atoms with Gasteiger partial charge in [-0.25, -0.2) is 0 Å². The molecule has 2 N–H and O–H groups in total. The minimum atomic E-state index is 0.0174. The fraction of sp³-hybridized carbons (Fsp3) is 0.458. The number of piperidine rings is 1. The first-order valence-corrected chi connectivity index (χ1v) is 10.3. The van der Waals surface area contributed by atoms with E-state index in [1.54, 1.807) is 6.07 Å². The van der Waals surface area contributed by atoms with Gasteiger partial charge in [-0.3, -0.25) is 4.79 Å². The van der Waals surface area contributed by atoms with Crippen molar-refractivity contribution in [3.8, 4) is 5.75 Å². The molecule has 1 heterocycles. The van der Waals surface area contributed by atoms with Crippen molar-refractivity contribution >= 4 is 5.91 Å². The van der Waals surface area contributed by atoms with E-state index in [2.05, 4.69) is 30.3 Å². The van der Waals surface area contributed by atoms with Crippen molar-refractivity contribution < 1.29 is 9.90 Å². The van der Waals surface area contributed by atoms with Gasteiger partial charge in [0.15, 0.2) is 0 Å². The van der Waals surface area contributed by atoms with Crippen LogP contribution in [-0.4, -0.2) is 42.1 Å². The monoisotopic (exact) mass is 378 g/mol. The van der Waals surface area contributed by atoms with Crippen molar-refractivity contribution in [1.82, 2.24) is 10.2 Å². The Balaban J connectivity index is 1.50. The smallest absolute Gasteiger partial charge is 0.224 e. The maximum Gasteiger partial charge on any atom is 0.224 e. The highest BCUT2D eigenvalue weighted by Gasteiger charge is 2.50. The Labute approximate surface area is 167 Å². The molecule has 3 atom stereocenters. The van der Waals surface area contributed by atoms with Crippen molar-refractivity contribution in [3.05, 3.63) is 65.2 Å². The summed E-state index contributed by atoms with van der Waals surface area (Å²) in [6.45, 7) is 4.07. The summed E-state index contributed by atoms with van der Waals surface area (Å²) in [6, 6.07) is 16.3. The molecule has 1 amide bonds. The molecular formula is C24H30N2O2. The molecule has 1 saturated heterocycles. The summed E-state index contributed by atoms with van der Waals surface area (Å²) in [7, 11) is 2.22. The molecule has 148 valence electrons.